The number of H-pyrrole nitrogens is 1. The average Bonchev–Trinajstić information content (AvgIpc) is 3.44. The first-order valence-electron chi connectivity index (χ1n) is 10.7. The summed E-state index contributed by atoms with van der Waals surface area (Å²) in [5.74, 6) is -0.633. The molecule has 5 rings (SSSR count). The van der Waals surface area contributed by atoms with E-state index >= 15 is 0 Å². The lowest BCUT2D eigenvalue weighted by atomic mass is 9.93. The Morgan fingerprint density at radius 1 is 1.21 bits per heavy atom. The van der Waals surface area contributed by atoms with E-state index in [1.165, 1.54) is 23.1 Å². The third-order valence-corrected chi connectivity index (χ3v) is 8.42. The minimum Gasteiger partial charge on any atom is -0.507 e. The summed E-state index contributed by atoms with van der Waals surface area (Å²) in [6.45, 7) is 3.76. The minimum absolute atomic E-state index is 0.00969. The van der Waals surface area contributed by atoms with Crippen LogP contribution in [-0.4, -0.2) is 57.0 Å². The second kappa shape index (κ2) is 7.66. The number of carbonyl (C=O) groups excluding carboxylic acids is 1. The molecule has 2 N–H and O–H groups in total. The largest absolute Gasteiger partial charge is 0.507 e. The summed E-state index contributed by atoms with van der Waals surface area (Å²) in [4.78, 5) is 25.9. The van der Waals surface area contributed by atoms with Crippen molar-refractivity contribution in [3.05, 3.63) is 74.5 Å². The molecule has 2 aromatic carbocycles. The van der Waals surface area contributed by atoms with Crippen LogP contribution >= 0.6 is 0 Å². The normalized spacial score (nSPS) is 21.1. The molecule has 3 heterocycles. The highest BCUT2D eigenvalue weighted by Gasteiger charge is 2.48. The molecule has 0 bridgehead atoms. The lowest BCUT2D eigenvalue weighted by Crippen LogP contribution is -2.40. The predicted octanol–water partition coefficient (Wildman–Crippen LogP) is 3.04. The number of carbonyl (C=O) groups is 1. The second-order valence-electron chi connectivity index (χ2n) is 8.84. The number of non-ortho nitro benzene ring substituents is 1. The maximum Gasteiger partial charge on any atom is 0.273 e. The Balaban J connectivity index is 1.72. The van der Waals surface area contributed by atoms with Gasteiger partial charge in [-0.1, -0.05) is 12.1 Å². The fourth-order valence-electron chi connectivity index (χ4n) is 4.87. The lowest BCUT2D eigenvalue weighted by molar-refractivity contribution is -0.384. The van der Waals surface area contributed by atoms with Gasteiger partial charge in [0.1, 0.15) is 17.1 Å². The van der Waals surface area contributed by atoms with Crippen LogP contribution in [0.1, 0.15) is 45.2 Å². The van der Waals surface area contributed by atoms with Crippen molar-refractivity contribution in [3.8, 4) is 17.0 Å². The summed E-state index contributed by atoms with van der Waals surface area (Å²) < 4.78 is 24.4. The highest BCUT2D eigenvalue weighted by molar-refractivity contribution is 7.91. The Morgan fingerprint density at radius 3 is 2.62 bits per heavy atom. The molecule has 1 amide bonds. The zero-order valence-corrected chi connectivity index (χ0v) is 19.3. The van der Waals surface area contributed by atoms with Gasteiger partial charge in [-0.3, -0.25) is 20.0 Å². The number of benzene rings is 2. The predicted molar refractivity (Wildman–Crippen MR) is 123 cm³/mol. The smallest absolute Gasteiger partial charge is 0.273 e. The standard InChI is InChI=1S/C23H22N4O6S/c1-12-8-17(18(28)9-13(12)2)20-19-21(25-24-20)23(29)26(16-6-7-34(32,33)11-16)22(19)14-4-3-5-15(10-14)27(30)31/h3-5,8-10,16,22,28H,6-7,11H2,1-2H3,(H,24,25). The van der Waals surface area contributed by atoms with E-state index in [1.807, 2.05) is 13.8 Å². The van der Waals surface area contributed by atoms with Gasteiger partial charge in [0.25, 0.3) is 11.6 Å². The molecule has 11 heteroatoms. The summed E-state index contributed by atoms with van der Waals surface area (Å²) in [6, 6.07) is 7.97. The summed E-state index contributed by atoms with van der Waals surface area (Å²) in [5.41, 5.74) is 3.56. The van der Waals surface area contributed by atoms with E-state index in [0.717, 1.165) is 11.1 Å². The van der Waals surface area contributed by atoms with Gasteiger partial charge in [-0.25, -0.2) is 8.42 Å². The number of sulfone groups is 1. The first kappa shape index (κ1) is 22.1. The van der Waals surface area contributed by atoms with Gasteiger partial charge >= 0.3 is 0 Å². The number of amides is 1. The monoisotopic (exact) mass is 482 g/mol. The number of hydrogen-bond donors (Lipinski definition) is 2. The molecule has 2 aliphatic rings. The van der Waals surface area contributed by atoms with Crippen LogP contribution in [-0.2, 0) is 9.84 Å². The number of hydrogen-bond acceptors (Lipinski definition) is 7. The lowest BCUT2D eigenvalue weighted by Gasteiger charge is -2.31. The summed E-state index contributed by atoms with van der Waals surface area (Å²) in [6.07, 6.45) is 0.279. The zero-order chi connectivity index (χ0) is 24.4. The third kappa shape index (κ3) is 3.43. The summed E-state index contributed by atoms with van der Waals surface area (Å²) in [7, 11) is -3.30. The number of phenolic OH excluding ortho intramolecular Hbond substituents is 1. The molecule has 1 aromatic heterocycles. The Kier molecular flexibility index (Phi) is 4.97. The Morgan fingerprint density at radius 2 is 1.94 bits per heavy atom. The first-order chi connectivity index (χ1) is 16.1. The van der Waals surface area contributed by atoms with E-state index in [4.69, 9.17) is 0 Å². The SMILES string of the molecule is Cc1cc(O)c(-c2n[nH]c3c2C(c2cccc([N+](=O)[O-])c2)N(C2CCS(=O)(=O)C2)C3=O)cc1C. The molecule has 0 aliphatic carbocycles. The fraction of sp³-hybridized carbons (Fsp3) is 0.304. The third-order valence-electron chi connectivity index (χ3n) is 6.67. The zero-order valence-electron chi connectivity index (χ0n) is 18.5. The van der Waals surface area contributed by atoms with Gasteiger partial charge in [0.05, 0.1) is 22.5 Å². The second-order valence-corrected chi connectivity index (χ2v) is 11.1. The fourth-order valence-corrected chi connectivity index (χ4v) is 6.58. The van der Waals surface area contributed by atoms with E-state index in [0.29, 0.717) is 22.4 Å². The number of fused-ring (bicyclic) bond motifs is 1. The Labute approximate surface area is 195 Å². The number of aryl methyl sites for hydroxylation is 2. The number of nitrogens with zero attached hydrogens (tertiary/aromatic N) is 3. The Bertz CT molecular complexity index is 1460. The molecular weight excluding hydrogens is 460 g/mol. The Hall–Kier alpha value is -3.73. The van der Waals surface area contributed by atoms with Crippen molar-refractivity contribution >= 4 is 21.4 Å². The topological polar surface area (TPSA) is 146 Å². The van der Waals surface area contributed by atoms with E-state index < -0.39 is 32.8 Å². The van der Waals surface area contributed by atoms with Gasteiger partial charge in [-0.15, -0.1) is 0 Å². The molecule has 1 saturated heterocycles. The number of phenols is 1. The van der Waals surface area contributed by atoms with Crippen molar-refractivity contribution in [2.24, 2.45) is 0 Å². The number of aromatic hydroxyl groups is 1. The van der Waals surface area contributed by atoms with Crippen molar-refractivity contribution < 1.29 is 23.2 Å². The van der Waals surface area contributed by atoms with Gasteiger partial charge in [-0.2, -0.15) is 5.10 Å². The number of nitrogens with one attached hydrogen (secondary N) is 1. The van der Waals surface area contributed by atoms with Gasteiger partial charge in [-0.05, 0) is 49.1 Å². The van der Waals surface area contributed by atoms with Crippen LogP contribution in [0.4, 0.5) is 5.69 Å². The van der Waals surface area contributed by atoms with Gasteiger partial charge in [0.15, 0.2) is 9.84 Å². The number of nitro groups is 1. The molecule has 176 valence electrons. The van der Waals surface area contributed by atoms with E-state index in [-0.39, 0.29) is 35.1 Å². The van der Waals surface area contributed by atoms with E-state index in [9.17, 15) is 28.4 Å². The highest BCUT2D eigenvalue weighted by atomic mass is 32.2. The summed E-state index contributed by atoms with van der Waals surface area (Å²) in [5, 5.41) is 29.2. The molecule has 2 unspecified atom stereocenters. The molecule has 3 aromatic rings. The van der Waals surface area contributed by atoms with E-state index in [2.05, 4.69) is 10.2 Å². The van der Waals surface area contributed by atoms with Crippen molar-refractivity contribution in [2.45, 2.75) is 32.4 Å². The van der Waals surface area contributed by atoms with Crippen LogP contribution in [0.25, 0.3) is 11.3 Å². The first-order valence-corrected chi connectivity index (χ1v) is 12.6. The molecular formula is C23H22N4O6S. The molecule has 2 aliphatic heterocycles. The molecule has 0 saturated carbocycles. The highest BCUT2D eigenvalue weighted by Crippen LogP contribution is 2.47. The van der Waals surface area contributed by atoms with Crippen LogP contribution in [0.3, 0.4) is 0 Å². The average molecular weight is 483 g/mol. The number of aromatic nitrogens is 2. The maximum absolute atomic E-state index is 13.5. The van der Waals surface area contributed by atoms with Crippen LogP contribution in [0.2, 0.25) is 0 Å². The van der Waals surface area contributed by atoms with Crippen molar-refractivity contribution in [3.63, 3.8) is 0 Å². The van der Waals surface area contributed by atoms with Crippen molar-refractivity contribution in [2.75, 3.05) is 11.5 Å². The van der Waals surface area contributed by atoms with Crippen molar-refractivity contribution in [1.82, 2.24) is 15.1 Å². The quantitative estimate of drug-likeness (QED) is 0.429. The van der Waals surface area contributed by atoms with Gasteiger partial charge in [0.2, 0.25) is 0 Å². The van der Waals surface area contributed by atoms with Crippen LogP contribution < -0.4 is 0 Å². The summed E-state index contributed by atoms with van der Waals surface area (Å²) >= 11 is 0. The van der Waals surface area contributed by atoms with E-state index in [1.54, 1.807) is 18.2 Å². The molecule has 0 spiro atoms. The van der Waals surface area contributed by atoms with Gasteiger partial charge < -0.3 is 10.0 Å². The molecule has 0 radical (unpaired) electrons. The molecule has 2 atom stereocenters. The number of aromatic amines is 1. The van der Waals surface area contributed by atoms with Crippen molar-refractivity contribution in [1.29, 1.82) is 0 Å². The molecule has 34 heavy (non-hydrogen) atoms. The maximum atomic E-state index is 13.5. The van der Waals surface area contributed by atoms with Crippen LogP contribution in [0.5, 0.6) is 5.75 Å². The molecule has 10 nitrogen and oxygen atoms in total. The number of nitro benzene ring substituents is 1. The minimum atomic E-state index is -3.30. The number of rotatable bonds is 4. The van der Waals surface area contributed by atoms with Crippen LogP contribution in [0, 0.1) is 24.0 Å². The molecule has 1 fully saturated rings. The van der Waals surface area contributed by atoms with Gasteiger partial charge in [0, 0.05) is 29.3 Å². The van der Waals surface area contributed by atoms with Crippen LogP contribution in [0.15, 0.2) is 36.4 Å².